The molecule has 0 aliphatic carbocycles. The molecule has 1 aliphatic heterocycles. The summed E-state index contributed by atoms with van der Waals surface area (Å²) in [6.45, 7) is 4.04. The number of aromatic nitrogens is 1. The van der Waals surface area contributed by atoms with Crippen LogP contribution in [0.4, 0.5) is 5.13 Å². The van der Waals surface area contributed by atoms with Gasteiger partial charge in [0, 0.05) is 32.1 Å². The number of hydrogen-bond donors (Lipinski definition) is 1. The van der Waals surface area contributed by atoms with E-state index in [1.54, 1.807) is 13.1 Å². The van der Waals surface area contributed by atoms with Crippen LogP contribution < -0.4 is 5.32 Å². The molecular weight excluding hydrogens is 360 g/mol. The summed E-state index contributed by atoms with van der Waals surface area (Å²) in [6.07, 6.45) is 0. The average Bonchev–Trinajstić information content (AvgIpc) is 3.27. The summed E-state index contributed by atoms with van der Waals surface area (Å²) in [5, 5.41) is 7.12. The molecular formula is C16H20N4O3S2. The zero-order valence-electron chi connectivity index (χ0n) is 13.9. The number of hydrogen-bond acceptors (Lipinski definition) is 7. The Morgan fingerprint density at radius 2 is 2.16 bits per heavy atom. The summed E-state index contributed by atoms with van der Waals surface area (Å²) >= 11 is 2.76. The average molecular weight is 380 g/mol. The number of nitrogens with one attached hydrogen (secondary N) is 1. The lowest BCUT2D eigenvalue weighted by Crippen LogP contribution is -2.35. The van der Waals surface area contributed by atoms with Gasteiger partial charge in [0.05, 0.1) is 30.3 Å². The number of rotatable bonds is 6. The van der Waals surface area contributed by atoms with E-state index < -0.39 is 0 Å². The SMILES string of the molecule is CN(CC(=O)Nc1nc(CN2CCOCC2)cs1)C(=O)c1cccs1. The van der Waals surface area contributed by atoms with E-state index in [2.05, 4.69) is 15.2 Å². The minimum absolute atomic E-state index is 0.00485. The topological polar surface area (TPSA) is 74.8 Å². The number of morpholine rings is 1. The van der Waals surface area contributed by atoms with Crippen LogP contribution in [0.5, 0.6) is 0 Å². The number of likely N-dealkylation sites (N-methyl/N-ethyl adjacent to an activating group) is 1. The van der Waals surface area contributed by atoms with Gasteiger partial charge in [-0.3, -0.25) is 14.5 Å². The lowest BCUT2D eigenvalue weighted by molar-refractivity contribution is -0.116. The van der Waals surface area contributed by atoms with Gasteiger partial charge >= 0.3 is 0 Å². The molecule has 0 bridgehead atoms. The number of nitrogens with zero attached hydrogens (tertiary/aromatic N) is 3. The molecule has 1 N–H and O–H groups in total. The van der Waals surface area contributed by atoms with Crippen molar-refractivity contribution in [2.45, 2.75) is 6.54 Å². The first-order valence-corrected chi connectivity index (χ1v) is 9.71. The molecule has 0 unspecified atom stereocenters. The third-order valence-corrected chi connectivity index (χ3v) is 5.41. The highest BCUT2D eigenvalue weighted by molar-refractivity contribution is 7.14. The monoisotopic (exact) mass is 380 g/mol. The van der Waals surface area contributed by atoms with E-state index in [0.717, 1.165) is 38.5 Å². The lowest BCUT2D eigenvalue weighted by atomic mass is 10.4. The maximum absolute atomic E-state index is 12.1. The van der Waals surface area contributed by atoms with Crippen LogP contribution in [0.15, 0.2) is 22.9 Å². The van der Waals surface area contributed by atoms with Crippen LogP contribution in [0, 0.1) is 0 Å². The largest absolute Gasteiger partial charge is 0.379 e. The van der Waals surface area contributed by atoms with Crippen LogP contribution in [-0.2, 0) is 16.1 Å². The normalized spacial score (nSPS) is 15.1. The van der Waals surface area contributed by atoms with Crippen molar-refractivity contribution in [2.24, 2.45) is 0 Å². The Hall–Kier alpha value is -1.81. The highest BCUT2D eigenvalue weighted by atomic mass is 32.1. The van der Waals surface area contributed by atoms with E-state index in [4.69, 9.17) is 4.74 Å². The molecule has 0 atom stereocenters. The van der Waals surface area contributed by atoms with Gasteiger partial charge in [0.15, 0.2) is 5.13 Å². The first-order valence-electron chi connectivity index (χ1n) is 7.95. The standard InChI is InChI=1S/C16H20N4O3S2/c1-19(15(22)13-3-2-8-24-13)10-14(21)18-16-17-12(11-25-16)9-20-4-6-23-7-5-20/h2-3,8,11H,4-7,9-10H2,1H3,(H,17,18,21). The lowest BCUT2D eigenvalue weighted by Gasteiger charge is -2.25. The molecule has 25 heavy (non-hydrogen) atoms. The number of amides is 2. The first kappa shape index (κ1) is 18.0. The third-order valence-electron chi connectivity index (χ3n) is 3.75. The molecule has 0 spiro atoms. The van der Waals surface area contributed by atoms with Gasteiger partial charge in [-0.15, -0.1) is 22.7 Å². The second kappa shape index (κ2) is 8.52. The van der Waals surface area contributed by atoms with Crippen LogP contribution in [0.25, 0.3) is 0 Å². The van der Waals surface area contributed by atoms with Gasteiger partial charge in [-0.05, 0) is 11.4 Å². The predicted octanol–water partition coefficient (Wildman–Crippen LogP) is 1.75. The van der Waals surface area contributed by atoms with Crippen molar-refractivity contribution in [3.8, 4) is 0 Å². The second-order valence-corrected chi connectivity index (χ2v) is 7.53. The Morgan fingerprint density at radius 3 is 2.88 bits per heavy atom. The Bertz CT molecular complexity index is 711. The highest BCUT2D eigenvalue weighted by Gasteiger charge is 2.17. The van der Waals surface area contributed by atoms with Crippen molar-refractivity contribution in [3.05, 3.63) is 33.5 Å². The fourth-order valence-electron chi connectivity index (χ4n) is 2.46. The number of carbonyl (C=O) groups is 2. The molecule has 0 saturated carbocycles. The van der Waals surface area contributed by atoms with Crippen LogP contribution >= 0.6 is 22.7 Å². The number of thiophene rings is 1. The zero-order valence-corrected chi connectivity index (χ0v) is 15.6. The minimum Gasteiger partial charge on any atom is -0.379 e. The van der Waals surface area contributed by atoms with E-state index >= 15 is 0 Å². The summed E-state index contributed by atoms with van der Waals surface area (Å²) in [7, 11) is 1.62. The van der Waals surface area contributed by atoms with Crippen LogP contribution in [0.1, 0.15) is 15.4 Å². The van der Waals surface area contributed by atoms with Gasteiger partial charge in [0.25, 0.3) is 5.91 Å². The van der Waals surface area contributed by atoms with Crippen molar-refractivity contribution in [2.75, 3.05) is 45.2 Å². The Labute approximate surface area is 154 Å². The number of carbonyl (C=O) groups excluding carboxylic acids is 2. The van der Waals surface area contributed by atoms with E-state index in [1.165, 1.54) is 27.6 Å². The summed E-state index contributed by atoms with van der Waals surface area (Å²) in [5.74, 6) is -0.406. The van der Waals surface area contributed by atoms with E-state index in [0.29, 0.717) is 10.0 Å². The number of ether oxygens (including phenoxy) is 1. The summed E-state index contributed by atoms with van der Waals surface area (Å²) in [6, 6.07) is 3.57. The second-order valence-electron chi connectivity index (χ2n) is 5.72. The summed E-state index contributed by atoms with van der Waals surface area (Å²) in [5.41, 5.74) is 0.935. The molecule has 1 aliphatic rings. The molecule has 9 heteroatoms. The molecule has 0 aromatic carbocycles. The quantitative estimate of drug-likeness (QED) is 0.826. The Balaban J connectivity index is 1.48. The number of thiazole rings is 1. The van der Waals surface area contributed by atoms with Gasteiger partial charge in [-0.1, -0.05) is 6.07 Å². The van der Waals surface area contributed by atoms with E-state index in [1.807, 2.05) is 16.8 Å². The van der Waals surface area contributed by atoms with Crippen molar-refractivity contribution in [3.63, 3.8) is 0 Å². The maximum Gasteiger partial charge on any atom is 0.264 e. The summed E-state index contributed by atoms with van der Waals surface area (Å²) < 4.78 is 5.33. The van der Waals surface area contributed by atoms with Crippen molar-refractivity contribution >= 4 is 39.6 Å². The van der Waals surface area contributed by atoms with Gasteiger partial charge in [0.1, 0.15) is 0 Å². The van der Waals surface area contributed by atoms with Gasteiger partial charge in [-0.25, -0.2) is 4.98 Å². The Kier molecular flexibility index (Phi) is 6.14. The molecule has 2 aromatic heterocycles. The molecule has 2 amide bonds. The van der Waals surface area contributed by atoms with Crippen LogP contribution in [0.2, 0.25) is 0 Å². The van der Waals surface area contributed by atoms with E-state index in [-0.39, 0.29) is 18.4 Å². The molecule has 3 rings (SSSR count). The Morgan fingerprint density at radius 1 is 1.36 bits per heavy atom. The fraction of sp³-hybridized carbons (Fsp3) is 0.438. The highest BCUT2D eigenvalue weighted by Crippen LogP contribution is 2.17. The van der Waals surface area contributed by atoms with Crippen LogP contribution in [-0.4, -0.2) is 66.5 Å². The molecule has 134 valence electrons. The zero-order chi connectivity index (χ0) is 17.6. The van der Waals surface area contributed by atoms with Gasteiger partial charge < -0.3 is 15.0 Å². The van der Waals surface area contributed by atoms with Gasteiger partial charge in [0.2, 0.25) is 5.91 Å². The molecule has 7 nitrogen and oxygen atoms in total. The predicted molar refractivity (Wildman–Crippen MR) is 98.1 cm³/mol. The van der Waals surface area contributed by atoms with Crippen molar-refractivity contribution < 1.29 is 14.3 Å². The van der Waals surface area contributed by atoms with Gasteiger partial charge in [-0.2, -0.15) is 0 Å². The summed E-state index contributed by atoms with van der Waals surface area (Å²) in [4.78, 5) is 33.0. The van der Waals surface area contributed by atoms with Crippen molar-refractivity contribution in [1.82, 2.24) is 14.8 Å². The maximum atomic E-state index is 12.1. The van der Waals surface area contributed by atoms with Crippen molar-refractivity contribution in [1.29, 1.82) is 0 Å². The molecule has 3 heterocycles. The molecule has 1 saturated heterocycles. The first-order chi connectivity index (χ1) is 12.1. The van der Waals surface area contributed by atoms with E-state index in [9.17, 15) is 9.59 Å². The molecule has 0 radical (unpaired) electrons. The molecule has 2 aromatic rings. The number of anilines is 1. The molecule has 1 fully saturated rings. The fourth-order valence-corrected chi connectivity index (χ4v) is 3.89. The van der Waals surface area contributed by atoms with Crippen LogP contribution in [0.3, 0.4) is 0 Å². The minimum atomic E-state index is -0.250. The smallest absolute Gasteiger partial charge is 0.264 e. The third kappa shape index (κ3) is 5.08.